The monoisotopic (exact) mass is 399 g/mol. The number of aliphatic imine (C=N–C) groups is 1. The fourth-order valence-electron chi connectivity index (χ4n) is 2.72. The highest BCUT2D eigenvalue weighted by Gasteiger charge is 2.32. The Hall–Kier alpha value is -3.00. The number of hydrogen-bond donors (Lipinski definition) is 0. The first-order valence-corrected chi connectivity index (χ1v) is 9.44. The highest BCUT2D eigenvalue weighted by molar-refractivity contribution is 8.18. The first-order chi connectivity index (χ1) is 13.6. The van der Waals surface area contributed by atoms with Crippen LogP contribution in [0.4, 0.5) is 5.82 Å². The summed E-state index contributed by atoms with van der Waals surface area (Å²) in [6, 6.07) is 9.08. The molecule has 1 aliphatic heterocycles. The third kappa shape index (κ3) is 3.96. The summed E-state index contributed by atoms with van der Waals surface area (Å²) >= 11 is 1.31. The standard InChI is InChI=1S/C20H21N3O4S/c1-5-23-19(24)16(28-20(23)22-17-8-6-7-9-21-17)12-13-10-14(25-2)18(27-4)15(11-13)26-3/h6-12H,5H2,1-4H3/b16-12-,22-20+. The number of pyridine rings is 1. The number of thioether (sulfide) groups is 1. The number of amides is 1. The second-order valence-electron chi connectivity index (χ2n) is 5.70. The van der Waals surface area contributed by atoms with E-state index in [0.29, 0.717) is 39.7 Å². The molecular formula is C20H21N3O4S. The highest BCUT2D eigenvalue weighted by Crippen LogP contribution is 2.40. The molecule has 3 rings (SSSR count). The molecule has 1 saturated heterocycles. The Morgan fingerprint density at radius 2 is 1.86 bits per heavy atom. The molecule has 0 atom stereocenters. The number of amidine groups is 1. The summed E-state index contributed by atoms with van der Waals surface area (Å²) < 4.78 is 16.1. The maximum atomic E-state index is 12.8. The SMILES string of the molecule is CCN1C(=O)/C(=C/c2cc(OC)c(OC)c(OC)c2)S/C1=N/c1ccccn1. The minimum Gasteiger partial charge on any atom is -0.493 e. The molecule has 1 aliphatic rings. The Morgan fingerprint density at radius 1 is 1.14 bits per heavy atom. The summed E-state index contributed by atoms with van der Waals surface area (Å²) in [6.07, 6.45) is 3.46. The van der Waals surface area contributed by atoms with Crippen molar-refractivity contribution in [2.75, 3.05) is 27.9 Å². The van der Waals surface area contributed by atoms with Gasteiger partial charge in [-0.1, -0.05) is 6.07 Å². The van der Waals surface area contributed by atoms with Gasteiger partial charge in [0.2, 0.25) is 5.75 Å². The molecule has 7 nitrogen and oxygen atoms in total. The van der Waals surface area contributed by atoms with Crippen LogP contribution in [0.25, 0.3) is 6.08 Å². The van der Waals surface area contributed by atoms with Crippen LogP contribution in [-0.4, -0.2) is 48.8 Å². The molecule has 1 aromatic heterocycles. The van der Waals surface area contributed by atoms with Crippen molar-refractivity contribution in [3.63, 3.8) is 0 Å². The van der Waals surface area contributed by atoms with E-state index in [1.165, 1.54) is 11.8 Å². The molecular weight excluding hydrogens is 378 g/mol. The minimum absolute atomic E-state index is 0.101. The van der Waals surface area contributed by atoms with E-state index in [9.17, 15) is 4.79 Å². The van der Waals surface area contributed by atoms with Crippen molar-refractivity contribution in [1.29, 1.82) is 0 Å². The highest BCUT2D eigenvalue weighted by atomic mass is 32.2. The molecule has 0 bridgehead atoms. The summed E-state index contributed by atoms with van der Waals surface area (Å²) in [5.74, 6) is 2.02. The molecule has 1 amide bonds. The van der Waals surface area contributed by atoms with Crippen molar-refractivity contribution in [2.45, 2.75) is 6.92 Å². The largest absolute Gasteiger partial charge is 0.493 e. The van der Waals surface area contributed by atoms with Crippen molar-refractivity contribution in [1.82, 2.24) is 9.88 Å². The summed E-state index contributed by atoms with van der Waals surface area (Å²) in [4.78, 5) is 23.7. The maximum absolute atomic E-state index is 12.8. The lowest BCUT2D eigenvalue weighted by molar-refractivity contribution is -0.122. The maximum Gasteiger partial charge on any atom is 0.266 e. The Labute approximate surface area is 168 Å². The first kappa shape index (κ1) is 19.8. The van der Waals surface area contributed by atoms with Crippen molar-refractivity contribution in [2.24, 2.45) is 4.99 Å². The second-order valence-corrected chi connectivity index (χ2v) is 6.71. The molecule has 146 valence electrons. The van der Waals surface area contributed by atoms with E-state index in [1.807, 2.05) is 19.1 Å². The second kappa shape index (κ2) is 8.79. The Bertz CT molecular complexity index is 903. The van der Waals surface area contributed by atoms with Crippen LogP contribution in [0.3, 0.4) is 0 Å². The van der Waals surface area contributed by atoms with E-state index in [0.717, 1.165) is 5.56 Å². The van der Waals surface area contributed by atoms with Gasteiger partial charge in [-0.25, -0.2) is 9.98 Å². The zero-order chi connectivity index (χ0) is 20.1. The fraction of sp³-hybridized carbons (Fsp3) is 0.250. The average Bonchev–Trinajstić information content (AvgIpc) is 3.01. The van der Waals surface area contributed by atoms with Gasteiger partial charge in [0.1, 0.15) is 0 Å². The van der Waals surface area contributed by atoms with E-state index in [2.05, 4.69) is 9.98 Å². The topological polar surface area (TPSA) is 73.2 Å². The molecule has 1 fully saturated rings. The lowest BCUT2D eigenvalue weighted by atomic mass is 10.1. The number of nitrogens with zero attached hydrogens (tertiary/aromatic N) is 3. The van der Waals surface area contributed by atoms with Gasteiger partial charge < -0.3 is 14.2 Å². The molecule has 0 saturated carbocycles. The van der Waals surface area contributed by atoms with Crippen LogP contribution in [0.5, 0.6) is 17.2 Å². The van der Waals surface area contributed by atoms with Gasteiger partial charge in [-0.05, 0) is 54.6 Å². The molecule has 0 unspecified atom stereocenters. The minimum atomic E-state index is -0.101. The number of carbonyl (C=O) groups is 1. The van der Waals surface area contributed by atoms with Crippen LogP contribution in [0.1, 0.15) is 12.5 Å². The van der Waals surface area contributed by atoms with Crippen molar-refractivity contribution >= 4 is 34.7 Å². The van der Waals surface area contributed by atoms with Crippen LogP contribution in [0, 0.1) is 0 Å². The van der Waals surface area contributed by atoms with Gasteiger partial charge in [-0.3, -0.25) is 9.69 Å². The van der Waals surface area contributed by atoms with Crippen LogP contribution >= 0.6 is 11.8 Å². The molecule has 0 spiro atoms. The Morgan fingerprint density at radius 3 is 2.39 bits per heavy atom. The molecule has 2 aromatic rings. The lowest BCUT2D eigenvalue weighted by Gasteiger charge is -2.13. The summed E-state index contributed by atoms with van der Waals surface area (Å²) in [5.41, 5.74) is 0.764. The lowest BCUT2D eigenvalue weighted by Crippen LogP contribution is -2.28. The van der Waals surface area contributed by atoms with Gasteiger partial charge in [0.15, 0.2) is 22.5 Å². The summed E-state index contributed by atoms with van der Waals surface area (Å²) in [5, 5.41) is 0.602. The van der Waals surface area contributed by atoms with Crippen molar-refractivity contribution < 1.29 is 19.0 Å². The number of methoxy groups -OCH3 is 3. The molecule has 0 radical (unpaired) electrons. The van der Waals surface area contributed by atoms with Crippen molar-refractivity contribution in [3.8, 4) is 17.2 Å². The number of ether oxygens (including phenoxy) is 3. The van der Waals surface area contributed by atoms with E-state index in [1.54, 1.807) is 56.7 Å². The molecule has 8 heteroatoms. The number of benzene rings is 1. The Kier molecular flexibility index (Phi) is 6.20. The third-order valence-electron chi connectivity index (χ3n) is 4.05. The van der Waals surface area contributed by atoms with Crippen LogP contribution < -0.4 is 14.2 Å². The number of carbonyl (C=O) groups excluding carboxylic acids is 1. The molecule has 0 aliphatic carbocycles. The predicted molar refractivity (Wildman–Crippen MR) is 110 cm³/mol. The normalized spacial score (nSPS) is 16.7. The Balaban J connectivity index is 1.98. The van der Waals surface area contributed by atoms with Gasteiger partial charge >= 0.3 is 0 Å². The van der Waals surface area contributed by atoms with E-state index in [4.69, 9.17) is 14.2 Å². The summed E-state index contributed by atoms with van der Waals surface area (Å²) in [7, 11) is 4.66. The zero-order valence-electron chi connectivity index (χ0n) is 16.1. The third-order valence-corrected chi connectivity index (χ3v) is 5.06. The molecule has 1 aromatic carbocycles. The van der Waals surface area contributed by atoms with Crippen LogP contribution in [0.15, 0.2) is 46.4 Å². The van der Waals surface area contributed by atoms with E-state index < -0.39 is 0 Å². The van der Waals surface area contributed by atoms with Gasteiger partial charge in [0.25, 0.3) is 5.91 Å². The average molecular weight is 399 g/mol. The number of hydrogen-bond acceptors (Lipinski definition) is 7. The van der Waals surface area contributed by atoms with Gasteiger partial charge in [0, 0.05) is 12.7 Å². The number of aromatic nitrogens is 1. The van der Waals surface area contributed by atoms with E-state index >= 15 is 0 Å². The molecule has 28 heavy (non-hydrogen) atoms. The van der Waals surface area contributed by atoms with Crippen LogP contribution in [0.2, 0.25) is 0 Å². The fourth-order valence-corrected chi connectivity index (χ4v) is 3.77. The molecule has 2 heterocycles. The smallest absolute Gasteiger partial charge is 0.266 e. The van der Waals surface area contributed by atoms with E-state index in [-0.39, 0.29) is 5.91 Å². The quantitative estimate of drug-likeness (QED) is 0.689. The zero-order valence-corrected chi connectivity index (χ0v) is 16.9. The number of rotatable bonds is 6. The molecule has 0 N–H and O–H groups in total. The van der Waals surface area contributed by atoms with Crippen LogP contribution in [-0.2, 0) is 4.79 Å². The predicted octanol–water partition coefficient (Wildman–Crippen LogP) is 3.73. The van der Waals surface area contributed by atoms with Crippen molar-refractivity contribution in [3.05, 3.63) is 47.0 Å². The van der Waals surface area contributed by atoms with Gasteiger partial charge in [-0.15, -0.1) is 0 Å². The number of likely N-dealkylation sites (N-methyl/N-ethyl adjacent to an activating group) is 1. The van der Waals surface area contributed by atoms with Gasteiger partial charge in [0.05, 0.1) is 26.2 Å². The summed E-state index contributed by atoms with van der Waals surface area (Å²) in [6.45, 7) is 2.43. The first-order valence-electron chi connectivity index (χ1n) is 8.62. The van der Waals surface area contributed by atoms with Gasteiger partial charge in [-0.2, -0.15) is 0 Å².